The van der Waals surface area contributed by atoms with Gasteiger partial charge in [0.05, 0.1) is 24.4 Å². The van der Waals surface area contributed by atoms with E-state index >= 15 is 0 Å². The summed E-state index contributed by atoms with van der Waals surface area (Å²) in [5, 5.41) is 12.7. The van der Waals surface area contributed by atoms with Crippen LogP contribution in [-0.4, -0.2) is 18.1 Å². The molecule has 0 bridgehead atoms. The first-order valence-corrected chi connectivity index (χ1v) is 11.3. The van der Waals surface area contributed by atoms with Crippen molar-refractivity contribution in [2.24, 2.45) is 0 Å². The molecule has 1 amide bonds. The molecule has 4 rings (SSSR count). The number of carbonyl (C=O) groups is 1. The summed E-state index contributed by atoms with van der Waals surface area (Å²) in [5.74, 6) is 0.840. The second-order valence-electron chi connectivity index (χ2n) is 7.73. The summed E-state index contributed by atoms with van der Waals surface area (Å²) < 4.78 is 11.7. The van der Waals surface area contributed by atoms with Gasteiger partial charge in [0, 0.05) is 11.1 Å². The molecule has 0 atom stereocenters. The lowest BCUT2D eigenvalue weighted by atomic mass is 10.0. The van der Waals surface area contributed by atoms with Crippen molar-refractivity contribution in [3.63, 3.8) is 0 Å². The summed E-state index contributed by atoms with van der Waals surface area (Å²) in [7, 11) is 1.56. The zero-order valence-electron chi connectivity index (χ0n) is 19.2. The smallest absolute Gasteiger partial charge is 0.281 e. The van der Waals surface area contributed by atoms with Crippen LogP contribution in [0.5, 0.6) is 11.5 Å². The Morgan fingerprint density at radius 2 is 1.86 bits per heavy atom. The predicted octanol–water partition coefficient (Wildman–Crippen LogP) is 5.14. The van der Waals surface area contributed by atoms with E-state index in [0.717, 1.165) is 16.7 Å². The van der Waals surface area contributed by atoms with Crippen LogP contribution in [0.2, 0.25) is 0 Å². The van der Waals surface area contributed by atoms with Gasteiger partial charge in [0.15, 0.2) is 16.6 Å². The number of methoxy groups -OCH3 is 1. The third-order valence-electron chi connectivity index (χ3n) is 5.45. The molecule has 174 valence electrons. The molecule has 3 aromatic rings. The Morgan fingerprint density at radius 1 is 1.11 bits per heavy atom. The van der Waals surface area contributed by atoms with E-state index in [9.17, 15) is 10.1 Å². The molecular formula is C28H23N3O3S. The number of para-hydroxylation sites is 1. The first-order chi connectivity index (χ1) is 17.0. The fourth-order valence-corrected chi connectivity index (χ4v) is 4.11. The number of allylic oxidation sites excluding steroid dienone is 1. The van der Waals surface area contributed by atoms with E-state index in [1.807, 2.05) is 54.6 Å². The van der Waals surface area contributed by atoms with Crippen LogP contribution in [-0.2, 0) is 17.8 Å². The van der Waals surface area contributed by atoms with Gasteiger partial charge in [0.1, 0.15) is 12.3 Å². The Morgan fingerprint density at radius 3 is 2.57 bits per heavy atom. The molecule has 0 aromatic heterocycles. The predicted molar refractivity (Wildman–Crippen MR) is 140 cm³/mol. The van der Waals surface area contributed by atoms with Crippen molar-refractivity contribution < 1.29 is 14.3 Å². The van der Waals surface area contributed by atoms with Crippen molar-refractivity contribution in [2.75, 3.05) is 12.0 Å². The molecule has 0 aliphatic carbocycles. The lowest BCUT2D eigenvalue weighted by Gasteiger charge is -2.16. The Hall–Kier alpha value is -4.41. The lowest BCUT2D eigenvalue weighted by Crippen LogP contribution is -2.30. The topological polar surface area (TPSA) is 74.6 Å². The van der Waals surface area contributed by atoms with E-state index in [4.69, 9.17) is 21.7 Å². The number of ether oxygens (including phenoxy) is 2. The summed E-state index contributed by atoms with van der Waals surface area (Å²) in [6.07, 6.45) is 4.03. The van der Waals surface area contributed by atoms with Gasteiger partial charge in [0.2, 0.25) is 0 Å². The largest absolute Gasteiger partial charge is 0.493 e. The van der Waals surface area contributed by atoms with Gasteiger partial charge >= 0.3 is 0 Å². The van der Waals surface area contributed by atoms with Gasteiger partial charge in [-0.05, 0) is 60.6 Å². The Bertz CT molecular complexity index is 1360. The van der Waals surface area contributed by atoms with E-state index in [0.29, 0.717) is 40.0 Å². The summed E-state index contributed by atoms with van der Waals surface area (Å²) in [6, 6.07) is 22.5. The van der Waals surface area contributed by atoms with Gasteiger partial charge < -0.3 is 14.8 Å². The molecule has 1 saturated heterocycles. The quantitative estimate of drug-likeness (QED) is 0.273. The zero-order chi connectivity index (χ0) is 24.8. The van der Waals surface area contributed by atoms with Crippen LogP contribution in [0, 0.1) is 11.3 Å². The molecule has 6 nitrogen and oxygen atoms in total. The number of nitriles is 1. The molecule has 1 fully saturated rings. The highest BCUT2D eigenvalue weighted by Gasteiger charge is 2.32. The van der Waals surface area contributed by atoms with Crippen LogP contribution < -0.4 is 19.7 Å². The number of nitrogens with zero attached hydrogens (tertiary/aromatic N) is 2. The van der Waals surface area contributed by atoms with E-state index < -0.39 is 0 Å². The number of carbonyl (C=O) groups excluding carboxylic acids is 1. The average Bonchev–Trinajstić information content (AvgIpc) is 3.16. The lowest BCUT2D eigenvalue weighted by molar-refractivity contribution is -0.113. The molecule has 1 N–H and O–H groups in total. The molecule has 1 aliphatic heterocycles. The van der Waals surface area contributed by atoms with E-state index in [2.05, 4.69) is 18.0 Å². The zero-order valence-corrected chi connectivity index (χ0v) is 20.0. The molecule has 0 saturated carbocycles. The number of amides is 1. The van der Waals surface area contributed by atoms with Crippen molar-refractivity contribution in [1.82, 2.24) is 5.32 Å². The molecule has 0 unspecified atom stereocenters. The maximum Gasteiger partial charge on any atom is 0.281 e. The Labute approximate surface area is 209 Å². The van der Waals surface area contributed by atoms with Crippen LogP contribution in [0.1, 0.15) is 22.3 Å². The van der Waals surface area contributed by atoms with Gasteiger partial charge in [-0.2, -0.15) is 5.26 Å². The molecule has 35 heavy (non-hydrogen) atoms. The van der Waals surface area contributed by atoms with Crippen molar-refractivity contribution in [1.29, 1.82) is 5.26 Å². The second kappa shape index (κ2) is 10.7. The van der Waals surface area contributed by atoms with Crippen molar-refractivity contribution >= 4 is 35.0 Å². The van der Waals surface area contributed by atoms with Gasteiger partial charge in [0.25, 0.3) is 5.91 Å². The van der Waals surface area contributed by atoms with Crippen LogP contribution >= 0.6 is 12.2 Å². The molecule has 0 radical (unpaired) electrons. The highest BCUT2D eigenvalue weighted by Crippen LogP contribution is 2.35. The molecule has 7 heteroatoms. The van der Waals surface area contributed by atoms with Gasteiger partial charge in [-0.1, -0.05) is 42.5 Å². The number of rotatable bonds is 8. The second-order valence-corrected chi connectivity index (χ2v) is 8.11. The molecule has 1 aliphatic rings. The minimum absolute atomic E-state index is 0.213. The third-order valence-corrected chi connectivity index (χ3v) is 5.74. The number of hydrogen-bond acceptors (Lipinski definition) is 5. The van der Waals surface area contributed by atoms with Crippen molar-refractivity contribution in [2.45, 2.75) is 13.0 Å². The van der Waals surface area contributed by atoms with Gasteiger partial charge in [-0.25, -0.2) is 0 Å². The number of benzene rings is 3. The summed E-state index contributed by atoms with van der Waals surface area (Å²) in [4.78, 5) is 14.5. The number of hydrogen-bond donors (Lipinski definition) is 1. The highest BCUT2D eigenvalue weighted by atomic mass is 32.1. The maximum absolute atomic E-state index is 13.1. The first-order valence-electron chi connectivity index (χ1n) is 10.9. The Balaban J connectivity index is 1.66. The summed E-state index contributed by atoms with van der Waals surface area (Å²) in [6.45, 7) is 4.06. The van der Waals surface area contributed by atoms with E-state index in [1.54, 1.807) is 31.4 Å². The minimum atomic E-state index is -0.237. The van der Waals surface area contributed by atoms with Crippen LogP contribution in [0.4, 0.5) is 5.69 Å². The van der Waals surface area contributed by atoms with Crippen molar-refractivity contribution in [3.05, 3.63) is 107 Å². The monoisotopic (exact) mass is 481 g/mol. The highest BCUT2D eigenvalue weighted by molar-refractivity contribution is 7.80. The van der Waals surface area contributed by atoms with Crippen LogP contribution in [0.15, 0.2) is 85.1 Å². The number of thiocarbonyl (C=S) groups is 1. The fourth-order valence-electron chi connectivity index (χ4n) is 3.81. The van der Waals surface area contributed by atoms with E-state index in [1.165, 1.54) is 4.90 Å². The number of nitrogens with one attached hydrogen (secondary N) is 1. The van der Waals surface area contributed by atoms with Crippen LogP contribution in [0.3, 0.4) is 0 Å². The SMILES string of the molecule is C=CCc1cc(/C=C2/NC(=S)N(c3ccccc3)C2=O)cc(OC)c1OCc1ccccc1C#N. The standard InChI is InChI=1S/C28H23N3O3S/c1-3-9-20-14-19(15-24-27(32)31(28(35)30-24)23-12-5-4-6-13-23)16-25(33-2)26(20)34-18-22-11-8-7-10-21(22)17-29/h3-8,10-16H,1,9,18H2,2H3,(H,30,35)/b24-15+. The molecular weight excluding hydrogens is 458 g/mol. The first kappa shape index (κ1) is 23.7. The maximum atomic E-state index is 13.1. The van der Waals surface area contributed by atoms with E-state index in [-0.39, 0.29) is 12.5 Å². The Kier molecular flexibility index (Phi) is 7.24. The summed E-state index contributed by atoms with van der Waals surface area (Å²) >= 11 is 5.40. The van der Waals surface area contributed by atoms with Crippen LogP contribution in [0.25, 0.3) is 6.08 Å². The molecule has 1 heterocycles. The van der Waals surface area contributed by atoms with Crippen molar-refractivity contribution in [3.8, 4) is 17.6 Å². The number of anilines is 1. The van der Waals surface area contributed by atoms with Gasteiger partial charge in [-0.15, -0.1) is 6.58 Å². The van der Waals surface area contributed by atoms with Gasteiger partial charge in [-0.3, -0.25) is 9.69 Å². The molecule has 3 aromatic carbocycles. The third kappa shape index (κ3) is 5.08. The summed E-state index contributed by atoms with van der Waals surface area (Å²) in [5.41, 5.74) is 3.99. The normalized spacial score (nSPS) is 13.9. The molecule has 0 spiro atoms. The minimum Gasteiger partial charge on any atom is -0.493 e. The fraction of sp³-hybridized carbons (Fsp3) is 0.107. The average molecular weight is 482 g/mol.